The first-order valence-electron chi connectivity index (χ1n) is 13.0. The van der Waals surface area contributed by atoms with Crippen molar-refractivity contribution < 1.29 is 9.53 Å². The number of hydrogen-bond acceptors (Lipinski definition) is 9. The monoisotopic (exact) mass is 603 g/mol. The zero-order valence-corrected chi connectivity index (χ0v) is 24.6. The molecule has 6 rings (SSSR count). The van der Waals surface area contributed by atoms with Gasteiger partial charge < -0.3 is 14.5 Å². The quantitative estimate of drug-likeness (QED) is 0.209. The summed E-state index contributed by atoms with van der Waals surface area (Å²) < 4.78 is 7.20. The number of thiazole rings is 1. The van der Waals surface area contributed by atoms with Gasteiger partial charge in [0.15, 0.2) is 11.0 Å². The molecule has 4 heterocycles. The minimum Gasteiger partial charge on any atom is -0.497 e. The van der Waals surface area contributed by atoms with Crippen LogP contribution in [0.25, 0.3) is 17.1 Å². The second kappa shape index (κ2) is 12.3. The number of hydrogen-bond donors (Lipinski definition) is 0. The Hall–Kier alpha value is -3.93. The van der Waals surface area contributed by atoms with Crippen LogP contribution in [-0.4, -0.2) is 68.8 Å². The van der Waals surface area contributed by atoms with Gasteiger partial charge in [0.25, 0.3) is 5.91 Å². The van der Waals surface area contributed by atoms with Crippen molar-refractivity contribution in [1.82, 2.24) is 29.6 Å². The largest absolute Gasteiger partial charge is 0.497 e. The number of thioether (sulfide) groups is 1. The molecule has 5 aromatic rings. The summed E-state index contributed by atoms with van der Waals surface area (Å²) in [5.41, 5.74) is 3.28. The molecule has 1 aliphatic heterocycles. The number of methoxy groups -OCH3 is 1. The highest BCUT2D eigenvalue weighted by Crippen LogP contribution is 2.33. The highest BCUT2D eigenvalue weighted by atomic mass is 35.5. The molecule has 208 valence electrons. The third kappa shape index (κ3) is 5.92. The number of carbonyl (C=O) groups is 1. The molecule has 0 N–H and O–H groups in total. The van der Waals surface area contributed by atoms with E-state index in [9.17, 15) is 4.79 Å². The molecule has 12 heteroatoms. The summed E-state index contributed by atoms with van der Waals surface area (Å²) in [5.74, 6) is 2.01. The van der Waals surface area contributed by atoms with Crippen molar-refractivity contribution in [2.24, 2.45) is 0 Å². The molecule has 1 saturated heterocycles. The van der Waals surface area contributed by atoms with Crippen molar-refractivity contribution in [3.05, 3.63) is 94.2 Å². The van der Waals surface area contributed by atoms with E-state index in [1.165, 1.54) is 23.1 Å². The van der Waals surface area contributed by atoms with Crippen LogP contribution >= 0.6 is 34.7 Å². The predicted octanol–water partition coefficient (Wildman–Crippen LogP) is 5.70. The molecule has 0 aliphatic carbocycles. The lowest BCUT2D eigenvalue weighted by atomic mass is 10.2. The molecule has 1 aliphatic rings. The van der Waals surface area contributed by atoms with E-state index in [0.29, 0.717) is 40.5 Å². The Balaban J connectivity index is 1.13. The average Bonchev–Trinajstić information content (AvgIpc) is 3.68. The zero-order valence-electron chi connectivity index (χ0n) is 22.2. The maximum absolute atomic E-state index is 13.2. The molecule has 1 fully saturated rings. The van der Waals surface area contributed by atoms with Crippen LogP contribution in [0.5, 0.6) is 5.75 Å². The van der Waals surface area contributed by atoms with Gasteiger partial charge in [-0.2, -0.15) is 0 Å². The van der Waals surface area contributed by atoms with Gasteiger partial charge in [0.2, 0.25) is 0 Å². The minimum absolute atomic E-state index is 0.0360. The zero-order chi connectivity index (χ0) is 28.2. The Bertz CT molecular complexity index is 1630. The molecule has 0 radical (unpaired) electrons. The molecule has 2 aromatic carbocycles. The molecule has 0 unspecified atom stereocenters. The maximum Gasteiger partial charge on any atom is 0.273 e. The average molecular weight is 604 g/mol. The van der Waals surface area contributed by atoms with Crippen LogP contribution in [0, 0.1) is 0 Å². The number of pyridine rings is 1. The van der Waals surface area contributed by atoms with E-state index in [-0.39, 0.29) is 5.91 Å². The summed E-state index contributed by atoms with van der Waals surface area (Å²) in [6.45, 7) is 2.82. The smallest absolute Gasteiger partial charge is 0.273 e. The number of aromatic nitrogens is 5. The molecular weight excluding hydrogens is 578 g/mol. The number of anilines is 1. The van der Waals surface area contributed by atoms with Gasteiger partial charge in [-0.15, -0.1) is 21.5 Å². The Kier molecular flexibility index (Phi) is 8.17. The van der Waals surface area contributed by atoms with Crippen molar-refractivity contribution in [3.63, 3.8) is 0 Å². The van der Waals surface area contributed by atoms with E-state index < -0.39 is 0 Å². The van der Waals surface area contributed by atoms with Crippen LogP contribution in [0.4, 0.5) is 5.69 Å². The highest BCUT2D eigenvalue weighted by Gasteiger charge is 2.25. The predicted molar refractivity (Wildman–Crippen MR) is 162 cm³/mol. The van der Waals surface area contributed by atoms with E-state index in [1.54, 1.807) is 19.5 Å². The summed E-state index contributed by atoms with van der Waals surface area (Å²) in [7, 11) is 1.66. The summed E-state index contributed by atoms with van der Waals surface area (Å²) >= 11 is 9.55. The van der Waals surface area contributed by atoms with Gasteiger partial charge in [-0.1, -0.05) is 35.5 Å². The van der Waals surface area contributed by atoms with Gasteiger partial charge >= 0.3 is 0 Å². The third-order valence-corrected chi connectivity index (χ3v) is 9.06. The lowest BCUT2D eigenvalue weighted by Gasteiger charge is -2.35. The minimum atomic E-state index is -0.0360. The molecule has 9 nitrogen and oxygen atoms in total. The number of carbonyl (C=O) groups excluding carboxylic acids is 1. The molecule has 41 heavy (non-hydrogen) atoms. The van der Waals surface area contributed by atoms with E-state index in [2.05, 4.69) is 25.1 Å². The van der Waals surface area contributed by atoms with Gasteiger partial charge in [0.05, 0.1) is 23.6 Å². The number of nitrogens with zero attached hydrogens (tertiary/aromatic N) is 7. The highest BCUT2D eigenvalue weighted by molar-refractivity contribution is 7.98. The summed E-state index contributed by atoms with van der Waals surface area (Å²) in [4.78, 5) is 26.2. The number of halogens is 1. The summed E-state index contributed by atoms with van der Waals surface area (Å²) in [5, 5.41) is 12.9. The van der Waals surface area contributed by atoms with Crippen molar-refractivity contribution >= 4 is 46.3 Å². The summed E-state index contributed by atoms with van der Waals surface area (Å²) in [6, 6.07) is 19.4. The van der Waals surface area contributed by atoms with Gasteiger partial charge in [-0.3, -0.25) is 14.3 Å². The molecule has 0 spiro atoms. The lowest BCUT2D eigenvalue weighted by Crippen LogP contribution is -2.48. The van der Waals surface area contributed by atoms with Crippen molar-refractivity contribution in [2.45, 2.75) is 10.9 Å². The molecular formula is C29H26ClN7O2S2. The third-order valence-electron chi connectivity index (χ3n) is 6.77. The number of ether oxygens (including phenoxy) is 1. The van der Waals surface area contributed by atoms with Crippen molar-refractivity contribution in [1.29, 1.82) is 0 Å². The first-order chi connectivity index (χ1) is 20.1. The Morgan fingerprint density at radius 2 is 1.76 bits per heavy atom. The second-order valence-corrected chi connectivity index (χ2v) is 11.5. The first kappa shape index (κ1) is 27.3. The number of rotatable bonds is 8. The molecule has 3 aromatic heterocycles. The molecule has 0 saturated carbocycles. The number of benzene rings is 2. The van der Waals surface area contributed by atoms with Crippen LogP contribution in [0.3, 0.4) is 0 Å². The Labute approximate surface area is 250 Å². The molecule has 1 amide bonds. The van der Waals surface area contributed by atoms with Gasteiger partial charge in [0, 0.05) is 55.2 Å². The topological polar surface area (TPSA) is 89.3 Å². The van der Waals surface area contributed by atoms with Crippen molar-refractivity contribution in [2.75, 3.05) is 38.2 Å². The van der Waals surface area contributed by atoms with Gasteiger partial charge in [-0.25, -0.2) is 4.98 Å². The summed E-state index contributed by atoms with van der Waals surface area (Å²) in [6.07, 6.45) is 3.45. The van der Waals surface area contributed by atoms with Gasteiger partial charge in [0.1, 0.15) is 16.5 Å². The Morgan fingerprint density at radius 1 is 1.00 bits per heavy atom. The van der Waals surface area contributed by atoms with Crippen LogP contribution in [-0.2, 0) is 5.75 Å². The fourth-order valence-corrected chi connectivity index (χ4v) is 6.58. The lowest BCUT2D eigenvalue weighted by molar-refractivity contribution is 0.0741. The van der Waals surface area contributed by atoms with E-state index in [0.717, 1.165) is 40.8 Å². The first-order valence-corrected chi connectivity index (χ1v) is 15.2. The number of piperazine rings is 1. The molecule has 0 bridgehead atoms. The van der Waals surface area contributed by atoms with E-state index in [4.69, 9.17) is 16.3 Å². The fraction of sp³-hybridized carbons (Fsp3) is 0.207. The van der Waals surface area contributed by atoms with Crippen LogP contribution in [0.2, 0.25) is 5.02 Å². The Morgan fingerprint density at radius 3 is 2.49 bits per heavy atom. The number of amides is 1. The van der Waals surface area contributed by atoms with E-state index in [1.807, 2.05) is 75.5 Å². The van der Waals surface area contributed by atoms with Crippen LogP contribution in [0.15, 0.2) is 83.6 Å². The van der Waals surface area contributed by atoms with Crippen LogP contribution in [0.1, 0.15) is 15.5 Å². The standard InChI is InChI=1S/C29H26ClN7O2S2/c1-39-22-8-6-21(7-9-22)35-14-16-36(17-15-35)28(38)24-18-40-26(32-24)19-41-29-34-33-27(20-10-12-31-13-11-20)37(29)25-5-3-2-4-23(25)30/h2-13,18H,14-17,19H2,1H3. The van der Waals surface area contributed by atoms with Gasteiger partial charge in [-0.05, 0) is 48.5 Å². The van der Waals surface area contributed by atoms with Crippen molar-refractivity contribution in [3.8, 4) is 22.8 Å². The second-order valence-electron chi connectivity index (χ2n) is 9.22. The normalized spacial score (nSPS) is 13.4. The number of para-hydroxylation sites is 1. The fourth-order valence-electron chi connectivity index (χ4n) is 4.63. The SMILES string of the molecule is COc1ccc(N2CCN(C(=O)c3csc(CSc4nnc(-c5ccncc5)n4-c4ccccc4Cl)n3)CC2)cc1. The molecule has 0 atom stereocenters. The van der Waals surface area contributed by atoms with Crippen LogP contribution < -0.4 is 9.64 Å². The maximum atomic E-state index is 13.2. The van der Waals surface area contributed by atoms with E-state index >= 15 is 0 Å².